The molecular weight excluding hydrogens is 278 g/mol. The third-order valence-electron chi connectivity index (χ3n) is 2.62. The number of hydrogen-bond acceptors (Lipinski definition) is 5. The quantitative estimate of drug-likeness (QED) is 0.917. The van der Waals surface area contributed by atoms with Crippen molar-refractivity contribution < 1.29 is 4.79 Å². The van der Waals surface area contributed by atoms with Crippen LogP contribution in [0.15, 0.2) is 6.20 Å². The van der Waals surface area contributed by atoms with Crippen molar-refractivity contribution in [2.45, 2.75) is 40.0 Å². The lowest BCUT2D eigenvalue weighted by Crippen LogP contribution is -2.10. The minimum Gasteiger partial charge on any atom is -0.297 e. The first-order chi connectivity index (χ1) is 8.77. The van der Waals surface area contributed by atoms with Crippen molar-refractivity contribution in [2.24, 2.45) is 0 Å². The summed E-state index contributed by atoms with van der Waals surface area (Å²) in [4.78, 5) is 22.5. The van der Waals surface area contributed by atoms with Crippen molar-refractivity contribution in [1.82, 2.24) is 9.97 Å². The highest BCUT2D eigenvalue weighted by atomic mass is 32.1. The fraction of sp³-hybridized carbons (Fsp3) is 0.462. The number of carbonyl (C=O) groups excluding carboxylic acids is 1. The van der Waals surface area contributed by atoms with Gasteiger partial charge >= 0.3 is 0 Å². The highest BCUT2D eigenvalue weighted by Gasteiger charge is 2.20. The van der Waals surface area contributed by atoms with E-state index in [0.717, 1.165) is 15.6 Å². The number of aryl methyl sites for hydroxylation is 2. The van der Waals surface area contributed by atoms with Crippen molar-refractivity contribution in [3.8, 4) is 0 Å². The van der Waals surface area contributed by atoms with E-state index in [4.69, 9.17) is 0 Å². The first-order valence-corrected chi connectivity index (χ1v) is 7.62. The van der Waals surface area contributed by atoms with E-state index in [9.17, 15) is 4.79 Å². The van der Waals surface area contributed by atoms with Gasteiger partial charge in [0.2, 0.25) is 0 Å². The van der Waals surface area contributed by atoms with Crippen LogP contribution in [0.4, 0.5) is 5.13 Å². The summed E-state index contributed by atoms with van der Waals surface area (Å²) in [7, 11) is 0. The smallest absolute Gasteiger partial charge is 0.269 e. The Morgan fingerprint density at radius 3 is 2.42 bits per heavy atom. The van der Waals surface area contributed by atoms with Gasteiger partial charge in [-0.3, -0.25) is 10.1 Å². The Kier molecular flexibility index (Phi) is 3.73. The second-order valence-electron chi connectivity index (χ2n) is 5.39. The SMILES string of the molecule is Cc1nc(NC(=O)c2cnc(C(C)(C)C)s2)sc1C. The Labute approximate surface area is 120 Å². The summed E-state index contributed by atoms with van der Waals surface area (Å²) in [6.45, 7) is 10.2. The molecule has 0 bridgehead atoms. The summed E-state index contributed by atoms with van der Waals surface area (Å²) in [5.41, 5.74) is 0.928. The van der Waals surface area contributed by atoms with Gasteiger partial charge in [-0.15, -0.1) is 22.7 Å². The Morgan fingerprint density at radius 2 is 1.95 bits per heavy atom. The first kappa shape index (κ1) is 14.1. The molecule has 0 radical (unpaired) electrons. The Hall–Kier alpha value is -1.27. The van der Waals surface area contributed by atoms with Crippen molar-refractivity contribution in [2.75, 3.05) is 5.32 Å². The highest BCUT2D eigenvalue weighted by molar-refractivity contribution is 7.16. The number of amides is 1. The third kappa shape index (κ3) is 3.19. The monoisotopic (exact) mass is 295 g/mol. The molecule has 0 spiro atoms. The lowest BCUT2D eigenvalue weighted by Gasteiger charge is -2.13. The van der Waals surface area contributed by atoms with Gasteiger partial charge in [-0.05, 0) is 13.8 Å². The van der Waals surface area contributed by atoms with E-state index in [1.54, 1.807) is 6.20 Å². The van der Waals surface area contributed by atoms with E-state index in [1.807, 2.05) is 13.8 Å². The summed E-state index contributed by atoms with van der Waals surface area (Å²) >= 11 is 2.92. The zero-order valence-corrected chi connectivity index (χ0v) is 13.3. The van der Waals surface area contributed by atoms with Crippen LogP contribution in [-0.2, 0) is 5.41 Å². The fourth-order valence-electron chi connectivity index (χ4n) is 1.41. The van der Waals surface area contributed by atoms with E-state index < -0.39 is 0 Å². The number of aromatic nitrogens is 2. The van der Waals surface area contributed by atoms with Crippen molar-refractivity contribution in [3.05, 3.63) is 26.7 Å². The van der Waals surface area contributed by atoms with Gasteiger partial charge in [0.25, 0.3) is 5.91 Å². The van der Waals surface area contributed by atoms with Gasteiger partial charge in [0, 0.05) is 10.3 Å². The molecule has 2 rings (SSSR count). The molecular formula is C13H17N3OS2. The summed E-state index contributed by atoms with van der Waals surface area (Å²) in [5.74, 6) is -0.137. The topological polar surface area (TPSA) is 54.9 Å². The summed E-state index contributed by atoms with van der Waals surface area (Å²) in [5, 5.41) is 4.43. The molecule has 0 aliphatic heterocycles. The van der Waals surface area contributed by atoms with Gasteiger partial charge in [-0.1, -0.05) is 20.8 Å². The minimum atomic E-state index is -0.137. The van der Waals surface area contributed by atoms with E-state index in [-0.39, 0.29) is 11.3 Å². The maximum absolute atomic E-state index is 12.1. The number of anilines is 1. The molecule has 0 fully saturated rings. The summed E-state index contributed by atoms with van der Waals surface area (Å²) in [6.07, 6.45) is 1.63. The molecule has 2 aromatic heterocycles. The predicted octanol–water partition coefficient (Wildman–Crippen LogP) is 3.77. The minimum absolute atomic E-state index is 0.0302. The molecule has 0 atom stereocenters. The number of rotatable bonds is 2. The zero-order valence-electron chi connectivity index (χ0n) is 11.7. The van der Waals surface area contributed by atoms with Crippen molar-refractivity contribution in [3.63, 3.8) is 0 Å². The number of thiazole rings is 2. The van der Waals surface area contributed by atoms with Gasteiger partial charge in [0.05, 0.1) is 16.9 Å². The number of carbonyl (C=O) groups is 1. The molecule has 0 saturated heterocycles. The molecule has 1 N–H and O–H groups in total. The summed E-state index contributed by atoms with van der Waals surface area (Å²) < 4.78 is 0. The predicted molar refractivity (Wildman–Crippen MR) is 80.4 cm³/mol. The fourth-order valence-corrected chi connectivity index (χ4v) is 3.09. The van der Waals surface area contributed by atoms with Gasteiger partial charge in [-0.2, -0.15) is 0 Å². The van der Waals surface area contributed by atoms with Crippen LogP contribution in [0.5, 0.6) is 0 Å². The third-order valence-corrected chi connectivity index (χ3v) is 5.03. The second kappa shape index (κ2) is 5.02. The average Bonchev–Trinajstić information content (AvgIpc) is 2.86. The molecule has 0 saturated carbocycles. The average molecular weight is 295 g/mol. The van der Waals surface area contributed by atoms with Crippen LogP contribution < -0.4 is 5.32 Å². The van der Waals surface area contributed by atoms with E-state index in [1.165, 1.54) is 22.7 Å². The van der Waals surface area contributed by atoms with E-state index in [0.29, 0.717) is 10.0 Å². The lowest BCUT2D eigenvalue weighted by molar-refractivity contribution is 0.103. The molecule has 2 aromatic rings. The number of nitrogens with one attached hydrogen (secondary N) is 1. The molecule has 0 aliphatic carbocycles. The molecule has 4 nitrogen and oxygen atoms in total. The van der Waals surface area contributed by atoms with Gasteiger partial charge < -0.3 is 0 Å². The van der Waals surface area contributed by atoms with Crippen molar-refractivity contribution >= 4 is 33.7 Å². The van der Waals surface area contributed by atoms with Crippen LogP contribution in [0.1, 0.15) is 46.0 Å². The van der Waals surface area contributed by atoms with Crippen LogP contribution in [0.2, 0.25) is 0 Å². The standard InChI is InChI=1S/C13H17N3OS2/c1-7-8(2)18-12(15-7)16-10(17)9-6-14-11(19-9)13(3,4)5/h6H,1-5H3,(H,15,16,17). The molecule has 19 heavy (non-hydrogen) atoms. The normalized spacial score (nSPS) is 11.6. The van der Waals surface area contributed by atoms with E-state index in [2.05, 4.69) is 36.1 Å². The summed E-state index contributed by atoms with van der Waals surface area (Å²) in [6, 6.07) is 0. The first-order valence-electron chi connectivity index (χ1n) is 5.99. The zero-order chi connectivity index (χ0) is 14.2. The molecule has 102 valence electrons. The molecule has 0 aromatic carbocycles. The van der Waals surface area contributed by atoms with Crippen LogP contribution in [0, 0.1) is 13.8 Å². The maximum atomic E-state index is 12.1. The van der Waals surface area contributed by atoms with Crippen LogP contribution in [0.25, 0.3) is 0 Å². The Morgan fingerprint density at radius 1 is 1.26 bits per heavy atom. The largest absolute Gasteiger partial charge is 0.297 e. The Bertz CT molecular complexity index is 588. The molecule has 1 amide bonds. The second-order valence-corrected chi connectivity index (χ2v) is 7.63. The van der Waals surface area contributed by atoms with Crippen molar-refractivity contribution in [1.29, 1.82) is 0 Å². The van der Waals surface area contributed by atoms with Crippen LogP contribution in [-0.4, -0.2) is 15.9 Å². The highest BCUT2D eigenvalue weighted by Crippen LogP contribution is 2.28. The van der Waals surface area contributed by atoms with Crippen LogP contribution in [0.3, 0.4) is 0 Å². The van der Waals surface area contributed by atoms with Gasteiger partial charge in [0.1, 0.15) is 4.88 Å². The molecule has 2 heterocycles. The maximum Gasteiger partial charge on any atom is 0.269 e. The molecule has 6 heteroatoms. The van der Waals surface area contributed by atoms with Crippen LogP contribution >= 0.6 is 22.7 Å². The molecule has 0 unspecified atom stereocenters. The van der Waals surface area contributed by atoms with E-state index >= 15 is 0 Å². The number of nitrogens with zero attached hydrogens (tertiary/aromatic N) is 2. The van der Waals surface area contributed by atoms with Gasteiger partial charge in [0.15, 0.2) is 5.13 Å². The lowest BCUT2D eigenvalue weighted by atomic mass is 9.98. The number of hydrogen-bond donors (Lipinski definition) is 1. The Balaban J connectivity index is 2.14. The van der Waals surface area contributed by atoms with Gasteiger partial charge in [-0.25, -0.2) is 9.97 Å². The molecule has 0 aliphatic rings.